The Bertz CT molecular complexity index is 94.3. The van der Waals surface area contributed by atoms with Gasteiger partial charge in [-0.1, -0.05) is 6.08 Å². The van der Waals surface area contributed by atoms with E-state index in [0.29, 0.717) is 6.33 Å². The average molecular weight is 99.1 g/mol. The molecule has 0 rings (SSSR count). The number of rotatable bonds is 2. The molecule has 0 bridgehead atoms. The van der Waals surface area contributed by atoms with E-state index in [-0.39, 0.29) is 0 Å². The van der Waals surface area contributed by atoms with Gasteiger partial charge in [-0.3, -0.25) is 0 Å². The maximum atomic E-state index is 11.0. The van der Waals surface area contributed by atoms with Crippen molar-refractivity contribution < 1.29 is 4.39 Å². The summed E-state index contributed by atoms with van der Waals surface area (Å²) < 4.78 is 11.0. The highest BCUT2D eigenvalue weighted by Crippen LogP contribution is 1.73. The first kappa shape index (κ1) is 6.08. The molecule has 0 amide bonds. The highest BCUT2D eigenvalue weighted by Gasteiger charge is 1.55. The van der Waals surface area contributed by atoms with Gasteiger partial charge in [-0.15, -0.1) is 0 Å². The minimum atomic E-state index is 0.417. The van der Waals surface area contributed by atoms with Gasteiger partial charge in [0.05, 0.1) is 6.33 Å². The van der Waals surface area contributed by atoms with Crippen LogP contribution in [0.5, 0.6) is 0 Å². The summed E-state index contributed by atoms with van der Waals surface area (Å²) in [6, 6.07) is 0. The molecule has 7 heavy (non-hydrogen) atoms. The van der Waals surface area contributed by atoms with E-state index >= 15 is 0 Å². The standard InChI is InChI=1S/C5H6FN/c6-4-2-1-3-5-7/h1-5,7H/b3-1-,4-2-,7-5?. The zero-order valence-corrected chi connectivity index (χ0v) is 3.76. The van der Waals surface area contributed by atoms with Crippen molar-refractivity contribution in [1.29, 1.82) is 5.41 Å². The Balaban J connectivity index is 3.27. The summed E-state index contributed by atoms with van der Waals surface area (Å²) in [4.78, 5) is 0. The molecular formula is C5H6FN. The van der Waals surface area contributed by atoms with Crippen LogP contribution in [0.15, 0.2) is 24.6 Å². The molecule has 0 unspecified atom stereocenters. The zero-order chi connectivity index (χ0) is 5.54. The second-order valence-electron chi connectivity index (χ2n) is 0.870. The molecule has 1 N–H and O–H groups in total. The first-order valence-corrected chi connectivity index (χ1v) is 1.84. The van der Waals surface area contributed by atoms with Crippen LogP contribution in [0.4, 0.5) is 4.39 Å². The lowest BCUT2D eigenvalue weighted by atomic mass is 10.5. The Hall–Kier alpha value is -0.920. The molecule has 0 aromatic heterocycles. The molecule has 0 atom stereocenters. The van der Waals surface area contributed by atoms with Crippen molar-refractivity contribution in [1.82, 2.24) is 0 Å². The van der Waals surface area contributed by atoms with Crippen molar-refractivity contribution >= 4 is 6.21 Å². The number of halogens is 1. The van der Waals surface area contributed by atoms with Gasteiger partial charge in [0.25, 0.3) is 0 Å². The molecule has 1 nitrogen and oxygen atoms in total. The molecule has 0 saturated carbocycles. The fraction of sp³-hybridized carbons (Fsp3) is 0. The fourth-order valence-electron chi connectivity index (χ4n) is 0.162. The van der Waals surface area contributed by atoms with E-state index in [0.717, 1.165) is 6.21 Å². The maximum Gasteiger partial charge on any atom is 0.0866 e. The highest BCUT2D eigenvalue weighted by atomic mass is 19.1. The minimum Gasteiger partial charge on any atom is -0.309 e. The van der Waals surface area contributed by atoms with Gasteiger partial charge in [0.15, 0.2) is 0 Å². The van der Waals surface area contributed by atoms with Gasteiger partial charge in [-0.05, 0) is 12.2 Å². The van der Waals surface area contributed by atoms with E-state index in [1.807, 2.05) is 0 Å². The average Bonchev–Trinajstić information content (AvgIpc) is 1.69. The third-order valence-electron chi connectivity index (χ3n) is 0.391. The van der Waals surface area contributed by atoms with Crippen molar-refractivity contribution in [2.75, 3.05) is 0 Å². The van der Waals surface area contributed by atoms with E-state index in [2.05, 4.69) is 0 Å². The number of allylic oxidation sites excluding steroid dienone is 3. The molecule has 0 radical (unpaired) electrons. The van der Waals surface area contributed by atoms with Gasteiger partial charge >= 0.3 is 0 Å². The van der Waals surface area contributed by atoms with Crippen molar-refractivity contribution in [2.45, 2.75) is 0 Å². The van der Waals surface area contributed by atoms with Crippen LogP contribution in [-0.4, -0.2) is 6.21 Å². The number of hydrogen-bond donors (Lipinski definition) is 1. The van der Waals surface area contributed by atoms with Gasteiger partial charge in [0.1, 0.15) is 0 Å². The topological polar surface area (TPSA) is 23.9 Å². The third-order valence-corrected chi connectivity index (χ3v) is 0.391. The summed E-state index contributed by atoms with van der Waals surface area (Å²) in [7, 11) is 0. The predicted molar refractivity (Wildman–Crippen MR) is 28.2 cm³/mol. The van der Waals surface area contributed by atoms with Gasteiger partial charge in [-0.25, -0.2) is 4.39 Å². The smallest absolute Gasteiger partial charge is 0.0866 e. The van der Waals surface area contributed by atoms with Crippen LogP contribution in [0.1, 0.15) is 0 Å². The van der Waals surface area contributed by atoms with E-state index in [1.165, 1.54) is 18.2 Å². The molecule has 0 aliphatic rings. The SMILES string of the molecule is N=C/C=C\C=C/F. The molecule has 0 aromatic carbocycles. The Morgan fingerprint density at radius 2 is 1.86 bits per heavy atom. The third kappa shape index (κ3) is 5.08. The van der Waals surface area contributed by atoms with Crippen LogP contribution in [0, 0.1) is 5.41 Å². The highest BCUT2D eigenvalue weighted by molar-refractivity contribution is 5.67. The monoisotopic (exact) mass is 99.0 g/mol. The number of hydrogen-bond acceptors (Lipinski definition) is 1. The first-order valence-electron chi connectivity index (χ1n) is 1.84. The van der Waals surface area contributed by atoms with Gasteiger partial charge in [0, 0.05) is 6.21 Å². The van der Waals surface area contributed by atoms with Gasteiger partial charge < -0.3 is 5.41 Å². The van der Waals surface area contributed by atoms with Gasteiger partial charge in [0.2, 0.25) is 0 Å². The Morgan fingerprint density at radius 3 is 2.29 bits per heavy atom. The molecule has 2 heteroatoms. The summed E-state index contributed by atoms with van der Waals surface area (Å²) in [5, 5.41) is 6.41. The van der Waals surface area contributed by atoms with Gasteiger partial charge in [-0.2, -0.15) is 0 Å². The van der Waals surface area contributed by atoms with E-state index in [9.17, 15) is 4.39 Å². The van der Waals surface area contributed by atoms with E-state index in [1.54, 1.807) is 0 Å². The lowest BCUT2D eigenvalue weighted by Gasteiger charge is -1.62. The summed E-state index contributed by atoms with van der Waals surface area (Å²) in [6.45, 7) is 0. The van der Waals surface area contributed by atoms with E-state index in [4.69, 9.17) is 5.41 Å². The quantitative estimate of drug-likeness (QED) is 0.402. The predicted octanol–water partition coefficient (Wildman–Crippen LogP) is 1.68. The van der Waals surface area contributed by atoms with Crippen LogP contribution in [0.2, 0.25) is 0 Å². The summed E-state index contributed by atoms with van der Waals surface area (Å²) in [6.07, 6.45) is 5.58. The zero-order valence-electron chi connectivity index (χ0n) is 3.76. The van der Waals surface area contributed by atoms with Crippen molar-refractivity contribution in [3.63, 3.8) is 0 Å². The van der Waals surface area contributed by atoms with Crippen molar-refractivity contribution in [3.05, 3.63) is 24.6 Å². The van der Waals surface area contributed by atoms with Crippen molar-refractivity contribution in [3.8, 4) is 0 Å². The second kappa shape index (κ2) is 5.08. The normalized spacial score (nSPS) is 11.0. The van der Waals surface area contributed by atoms with E-state index < -0.39 is 0 Å². The molecular weight excluding hydrogens is 93.1 g/mol. The molecule has 0 aromatic rings. The van der Waals surface area contributed by atoms with Crippen molar-refractivity contribution in [2.24, 2.45) is 0 Å². The molecule has 0 saturated heterocycles. The molecule has 38 valence electrons. The summed E-state index contributed by atoms with van der Waals surface area (Å²) >= 11 is 0. The summed E-state index contributed by atoms with van der Waals surface area (Å²) in [5.41, 5.74) is 0. The van der Waals surface area contributed by atoms with Crippen LogP contribution >= 0.6 is 0 Å². The molecule has 0 spiro atoms. The Kier molecular flexibility index (Phi) is 4.41. The van der Waals surface area contributed by atoms with Crippen LogP contribution in [0.3, 0.4) is 0 Å². The summed E-state index contributed by atoms with van der Waals surface area (Å²) in [5.74, 6) is 0. The minimum absolute atomic E-state index is 0.417. The lowest BCUT2D eigenvalue weighted by molar-refractivity contribution is 0.721. The second-order valence-corrected chi connectivity index (χ2v) is 0.870. The largest absolute Gasteiger partial charge is 0.309 e. The fourth-order valence-corrected chi connectivity index (χ4v) is 0.162. The Labute approximate surface area is 41.7 Å². The molecule has 0 fully saturated rings. The maximum absolute atomic E-state index is 11.0. The molecule has 0 aliphatic heterocycles. The van der Waals surface area contributed by atoms with Crippen LogP contribution < -0.4 is 0 Å². The first-order chi connectivity index (χ1) is 3.41. The van der Waals surface area contributed by atoms with Crippen LogP contribution in [-0.2, 0) is 0 Å². The van der Waals surface area contributed by atoms with Crippen LogP contribution in [0.25, 0.3) is 0 Å². The molecule has 0 heterocycles. The lowest BCUT2D eigenvalue weighted by Crippen LogP contribution is -1.51. The Morgan fingerprint density at radius 1 is 1.14 bits per heavy atom. The number of nitrogens with one attached hydrogen (secondary N) is 1. The molecule has 0 aliphatic carbocycles.